The van der Waals surface area contributed by atoms with Crippen LogP contribution in [0.3, 0.4) is 0 Å². The summed E-state index contributed by atoms with van der Waals surface area (Å²) >= 11 is 1.59. The molecule has 1 N–H and O–H groups in total. The van der Waals surface area contributed by atoms with Crippen molar-refractivity contribution in [3.05, 3.63) is 0 Å². The number of alkyl halides is 1. The Morgan fingerprint density at radius 1 is 1.60 bits per heavy atom. The standard InChI is InChI=1S/C6H11IO3/c1-6(2,3)10-5(9)4(7)8/h4,8H,1-3H3. The highest BCUT2D eigenvalue weighted by molar-refractivity contribution is 14.1. The van der Waals surface area contributed by atoms with Crippen LogP contribution in [0.5, 0.6) is 0 Å². The molecular weight excluding hydrogens is 247 g/mol. The van der Waals surface area contributed by atoms with Crippen molar-refractivity contribution in [2.45, 2.75) is 30.5 Å². The monoisotopic (exact) mass is 258 g/mol. The minimum Gasteiger partial charge on any atom is -0.457 e. The summed E-state index contributed by atoms with van der Waals surface area (Å²) in [6.45, 7) is 5.26. The number of esters is 1. The maximum atomic E-state index is 10.7. The molecule has 1 unspecified atom stereocenters. The van der Waals surface area contributed by atoms with Crippen molar-refractivity contribution >= 4 is 28.6 Å². The zero-order chi connectivity index (χ0) is 8.36. The predicted molar refractivity (Wildman–Crippen MR) is 45.9 cm³/mol. The van der Waals surface area contributed by atoms with Gasteiger partial charge in [-0.1, -0.05) is 0 Å². The minimum atomic E-state index is -1.06. The number of halogens is 1. The molecule has 0 aromatic heterocycles. The van der Waals surface area contributed by atoms with Crippen LogP contribution in [0.4, 0.5) is 0 Å². The smallest absolute Gasteiger partial charge is 0.345 e. The van der Waals surface area contributed by atoms with Crippen molar-refractivity contribution in [1.82, 2.24) is 0 Å². The van der Waals surface area contributed by atoms with Gasteiger partial charge in [0.15, 0.2) is 0 Å². The molecule has 0 aliphatic carbocycles. The Bertz CT molecular complexity index is 125. The first-order valence-corrected chi connectivity index (χ1v) is 4.12. The number of ether oxygens (including phenoxy) is 1. The quantitative estimate of drug-likeness (QED) is 0.435. The maximum Gasteiger partial charge on any atom is 0.345 e. The van der Waals surface area contributed by atoms with E-state index in [-0.39, 0.29) is 0 Å². The van der Waals surface area contributed by atoms with Crippen molar-refractivity contribution in [2.75, 3.05) is 0 Å². The summed E-state index contributed by atoms with van der Waals surface area (Å²) in [4.78, 5) is 10.7. The summed E-state index contributed by atoms with van der Waals surface area (Å²) in [6.07, 6.45) is 0. The van der Waals surface area contributed by atoms with E-state index in [1.807, 2.05) is 0 Å². The zero-order valence-electron chi connectivity index (χ0n) is 6.22. The third kappa shape index (κ3) is 4.99. The van der Waals surface area contributed by atoms with E-state index >= 15 is 0 Å². The van der Waals surface area contributed by atoms with E-state index < -0.39 is 15.7 Å². The third-order valence-corrected chi connectivity index (χ3v) is 1.11. The van der Waals surface area contributed by atoms with E-state index in [1.54, 1.807) is 43.4 Å². The van der Waals surface area contributed by atoms with Crippen LogP contribution in [0, 0.1) is 0 Å². The van der Waals surface area contributed by atoms with Crippen LogP contribution in [0.2, 0.25) is 0 Å². The zero-order valence-corrected chi connectivity index (χ0v) is 8.38. The van der Waals surface area contributed by atoms with Crippen LogP contribution >= 0.6 is 22.6 Å². The first kappa shape index (κ1) is 10.2. The molecule has 0 aliphatic heterocycles. The molecule has 0 spiro atoms. The fourth-order valence-electron chi connectivity index (χ4n) is 0.350. The molecule has 3 nitrogen and oxygen atoms in total. The fourth-order valence-corrected chi connectivity index (χ4v) is 0.478. The summed E-state index contributed by atoms with van der Waals surface area (Å²) in [6, 6.07) is 0. The number of rotatable bonds is 1. The molecule has 0 aliphatic rings. The molecule has 0 rings (SSSR count). The minimum absolute atomic E-state index is 0.511. The third-order valence-electron chi connectivity index (χ3n) is 0.601. The van der Waals surface area contributed by atoms with Gasteiger partial charge in [0.1, 0.15) is 5.60 Å². The van der Waals surface area contributed by atoms with Crippen molar-refractivity contribution in [1.29, 1.82) is 0 Å². The van der Waals surface area contributed by atoms with E-state index in [1.165, 1.54) is 0 Å². The Morgan fingerprint density at radius 3 is 2.10 bits per heavy atom. The average molecular weight is 258 g/mol. The summed E-state index contributed by atoms with van der Waals surface area (Å²) in [5.41, 5.74) is -0.511. The lowest BCUT2D eigenvalue weighted by molar-refractivity contribution is -0.159. The van der Waals surface area contributed by atoms with Crippen LogP contribution in [0.25, 0.3) is 0 Å². The number of hydrogen-bond donors (Lipinski definition) is 1. The van der Waals surface area contributed by atoms with Gasteiger partial charge in [0, 0.05) is 0 Å². The van der Waals surface area contributed by atoms with E-state index in [2.05, 4.69) is 0 Å². The van der Waals surface area contributed by atoms with Crippen LogP contribution in [0.15, 0.2) is 0 Å². The van der Waals surface area contributed by atoms with Gasteiger partial charge in [0.25, 0.3) is 0 Å². The van der Waals surface area contributed by atoms with Gasteiger partial charge in [-0.15, -0.1) is 0 Å². The lowest BCUT2D eigenvalue weighted by Crippen LogP contribution is -2.28. The van der Waals surface area contributed by atoms with Gasteiger partial charge in [0.2, 0.25) is 4.11 Å². The summed E-state index contributed by atoms with van der Waals surface area (Å²) in [5.74, 6) is -0.590. The molecular formula is C6H11IO3. The van der Waals surface area contributed by atoms with E-state index in [0.717, 1.165) is 0 Å². The molecule has 0 radical (unpaired) electrons. The first-order chi connectivity index (χ1) is 4.33. The van der Waals surface area contributed by atoms with Crippen molar-refractivity contribution in [3.63, 3.8) is 0 Å². The molecule has 0 aromatic carbocycles. The second kappa shape index (κ2) is 3.52. The molecule has 0 saturated carbocycles. The highest BCUT2D eigenvalue weighted by Crippen LogP contribution is 2.10. The Labute approximate surface area is 73.9 Å². The number of carbonyl (C=O) groups excluding carboxylic acids is 1. The van der Waals surface area contributed by atoms with Gasteiger partial charge in [-0.05, 0) is 43.4 Å². The van der Waals surface area contributed by atoms with Crippen LogP contribution in [-0.2, 0) is 9.53 Å². The van der Waals surface area contributed by atoms with Crippen molar-refractivity contribution in [2.24, 2.45) is 0 Å². The summed E-state index contributed by atoms with van der Waals surface area (Å²) in [7, 11) is 0. The number of aliphatic hydroxyl groups excluding tert-OH is 1. The lowest BCUT2D eigenvalue weighted by Gasteiger charge is -2.19. The second-order valence-corrected chi connectivity index (χ2v) is 4.05. The molecule has 1 atom stereocenters. The van der Waals surface area contributed by atoms with Gasteiger partial charge in [-0.25, -0.2) is 4.79 Å². The molecule has 0 bridgehead atoms. The highest BCUT2D eigenvalue weighted by atomic mass is 127. The Kier molecular flexibility index (Phi) is 3.58. The molecule has 0 heterocycles. The van der Waals surface area contributed by atoms with Crippen LogP contribution < -0.4 is 0 Å². The van der Waals surface area contributed by atoms with Gasteiger partial charge in [-0.3, -0.25) is 0 Å². The Balaban J connectivity index is 3.81. The van der Waals surface area contributed by atoms with E-state index in [0.29, 0.717) is 0 Å². The van der Waals surface area contributed by atoms with Crippen LogP contribution in [0.1, 0.15) is 20.8 Å². The molecule has 0 fully saturated rings. The van der Waals surface area contributed by atoms with Crippen molar-refractivity contribution in [3.8, 4) is 0 Å². The van der Waals surface area contributed by atoms with Crippen molar-refractivity contribution < 1.29 is 14.6 Å². The normalized spacial score (nSPS) is 14.5. The summed E-state index contributed by atoms with van der Waals surface area (Å²) < 4.78 is 3.74. The number of hydrogen-bond acceptors (Lipinski definition) is 3. The average Bonchev–Trinajstić information content (AvgIpc) is 1.60. The number of aliphatic hydroxyl groups is 1. The SMILES string of the molecule is CC(C)(C)OC(=O)C(O)I. The first-order valence-electron chi connectivity index (χ1n) is 2.88. The molecule has 0 saturated heterocycles. The van der Waals surface area contributed by atoms with E-state index in [9.17, 15) is 4.79 Å². The maximum absolute atomic E-state index is 10.7. The Morgan fingerprint density at radius 2 is 2.00 bits per heavy atom. The van der Waals surface area contributed by atoms with Crippen LogP contribution in [-0.4, -0.2) is 20.8 Å². The fraction of sp³-hybridized carbons (Fsp3) is 0.833. The lowest BCUT2D eigenvalue weighted by atomic mass is 10.2. The molecule has 10 heavy (non-hydrogen) atoms. The topological polar surface area (TPSA) is 46.5 Å². The molecule has 0 amide bonds. The van der Waals surface area contributed by atoms with Gasteiger partial charge in [0.05, 0.1) is 0 Å². The largest absolute Gasteiger partial charge is 0.457 e. The number of carbonyl (C=O) groups is 1. The van der Waals surface area contributed by atoms with Gasteiger partial charge < -0.3 is 9.84 Å². The molecule has 60 valence electrons. The predicted octanol–water partition coefficient (Wildman–Crippen LogP) is 1.08. The van der Waals surface area contributed by atoms with E-state index in [4.69, 9.17) is 9.84 Å². The molecule has 0 aromatic rings. The Hall–Kier alpha value is 0.160. The van der Waals surface area contributed by atoms with Gasteiger partial charge in [-0.2, -0.15) is 0 Å². The second-order valence-electron chi connectivity index (χ2n) is 2.87. The molecule has 4 heteroatoms. The summed E-state index contributed by atoms with van der Waals surface area (Å²) in [5, 5.41) is 8.70. The van der Waals surface area contributed by atoms with Gasteiger partial charge >= 0.3 is 5.97 Å². The highest BCUT2D eigenvalue weighted by Gasteiger charge is 2.20.